The number of rotatable bonds is 12. The number of aliphatic carboxylic acids is 1. The second-order valence-corrected chi connectivity index (χ2v) is 17.5. The number of benzene rings is 3. The first-order valence-electron chi connectivity index (χ1n) is 21.9. The molecule has 0 aromatic heterocycles. The van der Waals surface area contributed by atoms with E-state index in [-0.39, 0.29) is 59.9 Å². The molecule has 3 fully saturated rings. The van der Waals surface area contributed by atoms with Crippen molar-refractivity contribution in [2.24, 2.45) is 0 Å². The number of piperazine rings is 1. The number of hydrogen-bond acceptors (Lipinski definition) is 21. The number of Topliss-reactive ketones (excluding diaryl/α,β-unsaturated/α-hetero) is 1. The van der Waals surface area contributed by atoms with Gasteiger partial charge in [-0.3, -0.25) is 24.2 Å². The predicted molar refractivity (Wildman–Crippen MR) is 228 cm³/mol. The molecule has 9 N–H and O–H groups in total. The number of methoxy groups -OCH3 is 2. The summed E-state index contributed by atoms with van der Waals surface area (Å²) in [4.78, 5) is 68.8. The average Bonchev–Trinajstić information content (AvgIpc) is 3.32. The number of carbonyl (C=O) groups excluding carboxylic acids is 4. The van der Waals surface area contributed by atoms with Gasteiger partial charge in [-0.2, -0.15) is 0 Å². The van der Waals surface area contributed by atoms with E-state index in [0.29, 0.717) is 12.0 Å². The summed E-state index contributed by atoms with van der Waals surface area (Å²) in [5.41, 5.74) is -3.63. The molecular formula is C46H52N2O21. The van der Waals surface area contributed by atoms with Crippen molar-refractivity contribution in [3.8, 4) is 23.0 Å². The lowest BCUT2D eigenvalue weighted by molar-refractivity contribution is -0.271. The normalized spacial score (nSPS) is 31.3. The lowest BCUT2D eigenvalue weighted by Crippen LogP contribution is -2.65. The van der Waals surface area contributed by atoms with E-state index in [0.717, 1.165) is 0 Å². The summed E-state index contributed by atoms with van der Waals surface area (Å²) in [5, 5.41) is 96.5. The molecule has 3 saturated heterocycles. The van der Waals surface area contributed by atoms with Crippen molar-refractivity contribution in [1.29, 1.82) is 0 Å². The zero-order valence-corrected chi connectivity index (χ0v) is 37.4. The maximum absolute atomic E-state index is 14.1. The van der Waals surface area contributed by atoms with Crippen LogP contribution in [-0.4, -0.2) is 186 Å². The molecule has 69 heavy (non-hydrogen) atoms. The minimum atomic E-state index is -2.36. The Labute approximate surface area is 392 Å². The maximum atomic E-state index is 14.1. The van der Waals surface area contributed by atoms with Gasteiger partial charge in [0, 0.05) is 62.2 Å². The predicted octanol–water partition coefficient (Wildman–Crippen LogP) is -0.412. The van der Waals surface area contributed by atoms with Crippen LogP contribution >= 0.6 is 0 Å². The molecular weight excluding hydrogens is 916 g/mol. The number of carboxylic acids is 1. The number of phenols is 2. The fourth-order valence-electron chi connectivity index (χ4n) is 9.83. The third-order valence-corrected chi connectivity index (χ3v) is 13.3. The van der Waals surface area contributed by atoms with Crippen molar-refractivity contribution in [3.05, 3.63) is 81.4 Å². The summed E-state index contributed by atoms with van der Waals surface area (Å²) >= 11 is 0. The van der Waals surface area contributed by atoms with Crippen LogP contribution in [0, 0.1) is 0 Å². The Hall–Kier alpha value is -5.83. The zero-order chi connectivity index (χ0) is 49.8. The third kappa shape index (κ3) is 9.00. The molecule has 0 radical (unpaired) electrons. The van der Waals surface area contributed by atoms with Gasteiger partial charge in [-0.15, -0.1) is 0 Å². The number of carboxylic acid groups (broad SMARTS) is 1. The second kappa shape index (κ2) is 19.5. The minimum absolute atomic E-state index is 0.0191. The topological polar surface area (TPSA) is 339 Å². The van der Waals surface area contributed by atoms with Crippen molar-refractivity contribution in [1.82, 2.24) is 9.80 Å². The smallest absolute Gasteiger partial charge is 0.412 e. The monoisotopic (exact) mass is 968 g/mol. The van der Waals surface area contributed by atoms with Gasteiger partial charge < -0.3 is 79.1 Å². The number of ketones is 3. The average molecular weight is 969 g/mol. The SMILES string of the molecule is COc1cccc2c1C(=O)c1c(O)c3c(c(O)c1C2=O)C[C@@](O)(C(=O)CO)C[C@@H]3O[C@H]1C[C@H](N2CCN(C(=O)OCc3ccc(O[C@@H]4O[C@H](C(=O)O)[C@@H](O)C(O)[C@H]4O)cc3)[C@H](OC)[C@H]2O)C[C@H](C)O1. The number of ether oxygens (including phenoxy) is 7. The van der Waals surface area contributed by atoms with Crippen molar-refractivity contribution >= 4 is 29.4 Å². The molecule has 12 atom stereocenters. The standard InChI is InChI=1S/C46H52N2O21/c1-19-13-21(47-11-12-48(42(64-3)41(47)58)45(61)65-18-20-7-9-22(10-8-20)67-44-39(57)37(55)38(56)40(69-44)43(59)60)14-28(66-19)68-26-16-46(62,27(50)17-49)15-24-30(26)36(54)32-31(34(24)52)33(51)23-5-4-6-25(63-2)29(23)35(32)53/h4-10,19,21,26,28,37-42,44,49,52,54-58,62H,11-18H2,1-3H3,(H,59,60)/t19-,21+,26-,28-,37?,38-,39+,40-,41+,42+,44+,46-/m0/s1. The summed E-state index contributed by atoms with van der Waals surface area (Å²) in [5.74, 6) is -5.60. The van der Waals surface area contributed by atoms with E-state index in [2.05, 4.69) is 0 Å². The van der Waals surface area contributed by atoms with Gasteiger partial charge in [0.15, 0.2) is 36.4 Å². The Morgan fingerprint density at radius 1 is 0.870 bits per heavy atom. The Balaban J connectivity index is 0.954. The Bertz CT molecular complexity index is 2500. The highest BCUT2D eigenvalue weighted by atomic mass is 16.7. The molecule has 23 heteroatoms. The van der Waals surface area contributed by atoms with Gasteiger partial charge in [-0.25, -0.2) is 9.59 Å². The Morgan fingerprint density at radius 2 is 1.58 bits per heavy atom. The van der Waals surface area contributed by atoms with Crippen LogP contribution < -0.4 is 9.47 Å². The highest BCUT2D eigenvalue weighted by Gasteiger charge is 2.52. The van der Waals surface area contributed by atoms with Crippen LogP contribution in [0.25, 0.3) is 0 Å². The molecule has 23 nitrogen and oxygen atoms in total. The number of aromatic hydroxyl groups is 2. The summed E-state index contributed by atoms with van der Waals surface area (Å²) in [6.07, 6.45) is -16.5. The molecule has 3 aromatic rings. The van der Waals surface area contributed by atoms with Gasteiger partial charge >= 0.3 is 12.1 Å². The fraction of sp³-hybridized carbons (Fsp3) is 0.500. The van der Waals surface area contributed by atoms with Crippen LogP contribution in [0.3, 0.4) is 0 Å². The van der Waals surface area contributed by atoms with Gasteiger partial charge in [0.25, 0.3) is 0 Å². The van der Waals surface area contributed by atoms with Crippen LogP contribution in [-0.2, 0) is 46.3 Å². The molecule has 0 spiro atoms. The van der Waals surface area contributed by atoms with E-state index >= 15 is 0 Å². The minimum Gasteiger partial charge on any atom is -0.507 e. The summed E-state index contributed by atoms with van der Waals surface area (Å²) < 4.78 is 39.8. The van der Waals surface area contributed by atoms with Crippen LogP contribution in [0.5, 0.6) is 23.0 Å². The Kier molecular flexibility index (Phi) is 14.0. The van der Waals surface area contributed by atoms with E-state index in [1.807, 2.05) is 0 Å². The lowest BCUT2D eigenvalue weighted by atomic mass is 9.72. The van der Waals surface area contributed by atoms with E-state index < -0.39 is 145 Å². The van der Waals surface area contributed by atoms with Crippen molar-refractivity contribution in [3.63, 3.8) is 0 Å². The largest absolute Gasteiger partial charge is 0.507 e. The van der Waals surface area contributed by atoms with Crippen LogP contribution in [0.1, 0.15) is 80.8 Å². The maximum Gasteiger partial charge on any atom is 0.412 e. The van der Waals surface area contributed by atoms with E-state index in [9.17, 15) is 69.9 Å². The van der Waals surface area contributed by atoms with E-state index in [4.69, 9.17) is 33.2 Å². The van der Waals surface area contributed by atoms with Gasteiger partial charge in [0.2, 0.25) is 12.1 Å². The second-order valence-electron chi connectivity index (χ2n) is 17.5. The number of phenolic OH excluding ortho intramolecular Hbond substituents is 2. The van der Waals surface area contributed by atoms with E-state index in [1.165, 1.54) is 61.6 Å². The zero-order valence-electron chi connectivity index (χ0n) is 37.4. The molecule has 2 aliphatic carbocycles. The summed E-state index contributed by atoms with van der Waals surface area (Å²) in [6, 6.07) is 9.64. The van der Waals surface area contributed by atoms with Gasteiger partial charge in [-0.05, 0) is 37.1 Å². The first-order valence-corrected chi connectivity index (χ1v) is 21.9. The number of hydrogen-bond donors (Lipinski definition) is 9. The van der Waals surface area contributed by atoms with Crippen LogP contribution in [0.15, 0.2) is 42.5 Å². The van der Waals surface area contributed by atoms with Gasteiger partial charge in [0.1, 0.15) is 60.1 Å². The van der Waals surface area contributed by atoms with Gasteiger partial charge in [0.05, 0.1) is 36.0 Å². The quantitative estimate of drug-likeness (QED) is 0.0815. The molecule has 372 valence electrons. The van der Waals surface area contributed by atoms with Crippen LogP contribution in [0.2, 0.25) is 0 Å². The molecule has 3 heterocycles. The first kappa shape index (κ1) is 49.6. The lowest BCUT2D eigenvalue weighted by Gasteiger charge is -2.49. The number of amides is 1. The Morgan fingerprint density at radius 3 is 2.25 bits per heavy atom. The number of nitrogens with zero attached hydrogens (tertiary/aromatic N) is 2. The number of fused-ring (bicyclic) bond motifs is 3. The molecule has 3 aromatic carbocycles. The highest BCUT2D eigenvalue weighted by molar-refractivity contribution is 6.31. The highest BCUT2D eigenvalue weighted by Crippen LogP contribution is 2.53. The molecule has 3 aliphatic heterocycles. The number of carbonyl (C=O) groups is 5. The molecule has 5 aliphatic rings. The van der Waals surface area contributed by atoms with Crippen molar-refractivity contribution in [2.45, 2.75) is 113 Å². The van der Waals surface area contributed by atoms with Crippen LogP contribution in [0.4, 0.5) is 4.79 Å². The van der Waals surface area contributed by atoms with Crippen molar-refractivity contribution < 1.29 is 103 Å². The molecule has 1 amide bonds. The summed E-state index contributed by atoms with van der Waals surface area (Å²) in [6.45, 7) is 0.521. The third-order valence-electron chi connectivity index (χ3n) is 13.3. The molecule has 1 unspecified atom stereocenters. The summed E-state index contributed by atoms with van der Waals surface area (Å²) in [7, 11) is 2.59. The molecule has 0 bridgehead atoms. The first-order chi connectivity index (χ1) is 32.8. The van der Waals surface area contributed by atoms with E-state index in [1.54, 1.807) is 11.8 Å². The van der Waals surface area contributed by atoms with Gasteiger partial charge in [-0.1, -0.05) is 24.3 Å². The molecule has 0 saturated carbocycles. The number of aliphatic hydroxyl groups is 6. The van der Waals surface area contributed by atoms with Crippen molar-refractivity contribution in [2.75, 3.05) is 33.9 Å². The fourth-order valence-corrected chi connectivity index (χ4v) is 9.83. The number of aliphatic hydroxyl groups excluding tert-OH is 5. The molecule has 8 rings (SSSR count).